The molecule has 4 rings (SSSR count). The minimum absolute atomic E-state index is 0.0624. The summed E-state index contributed by atoms with van der Waals surface area (Å²) >= 11 is 0. The molecule has 0 saturated heterocycles. The zero-order valence-electron chi connectivity index (χ0n) is 23.7. The van der Waals surface area contributed by atoms with Crippen molar-refractivity contribution in [3.05, 3.63) is 84.7 Å². The molecule has 0 aliphatic heterocycles. The number of carbonyl (C=O) groups excluding carboxylic acids is 1. The molecule has 4 aromatic rings. The second-order valence-electron chi connectivity index (χ2n) is 10.2. The number of aromatic nitrogens is 1. The molecule has 0 atom stereocenters. The van der Waals surface area contributed by atoms with Crippen molar-refractivity contribution in [2.24, 2.45) is 0 Å². The monoisotopic (exact) mass is 527 g/mol. The zero-order chi connectivity index (χ0) is 28.1. The van der Waals surface area contributed by atoms with Crippen LogP contribution >= 0.6 is 0 Å². The van der Waals surface area contributed by atoms with Gasteiger partial charge >= 0.3 is 5.97 Å². The van der Waals surface area contributed by atoms with Gasteiger partial charge in [-0.25, -0.2) is 4.79 Å². The number of methoxy groups -OCH3 is 1. The van der Waals surface area contributed by atoms with Gasteiger partial charge in [-0.3, -0.25) is 0 Å². The van der Waals surface area contributed by atoms with E-state index >= 15 is 0 Å². The van der Waals surface area contributed by atoms with Crippen molar-refractivity contribution in [3.8, 4) is 45.2 Å². The summed E-state index contributed by atoms with van der Waals surface area (Å²) in [5.74, 6) is 1.90. The van der Waals surface area contributed by atoms with Crippen molar-refractivity contribution >= 4 is 5.97 Å². The molecular formula is C33H37NO5. The van der Waals surface area contributed by atoms with E-state index < -0.39 is 5.97 Å². The Morgan fingerprint density at radius 2 is 1.03 bits per heavy atom. The van der Waals surface area contributed by atoms with E-state index in [1.807, 2.05) is 125 Å². The molecular weight excluding hydrogens is 490 g/mol. The van der Waals surface area contributed by atoms with Crippen LogP contribution in [0.5, 0.6) is 17.2 Å². The highest BCUT2D eigenvalue weighted by molar-refractivity contribution is 6.02. The lowest BCUT2D eigenvalue weighted by atomic mass is 9.96. The Morgan fingerprint density at radius 1 is 0.615 bits per heavy atom. The maximum Gasteiger partial charge on any atom is 0.355 e. The lowest BCUT2D eigenvalue weighted by Crippen LogP contribution is -2.10. The first-order valence-electron chi connectivity index (χ1n) is 13.3. The van der Waals surface area contributed by atoms with Crippen LogP contribution in [0.4, 0.5) is 0 Å². The van der Waals surface area contributed by atoms with Gasteiger partial charge in [0, 0.05) is 23.0 Å². The molecule has 6 nitrogen and oxygen atoms in total. The van der Waals surface area contributed by atoms with E-state index in [-0.39, 0.29) is 18.3 Å². The Kier molecular flexibility index (Phi) is 8.65. The number of benzene rings is 3. The standard InChI is InChI=1S/C33H37NO5/c1-21(2)37-27-14-8-24(9-15-27)30-20-34(26-12-18-29(19-13-26)39-23(5)6)32(33(35)36-7)31(30)25-10-16-28(17-11-25)38-22(3)4/h8-23H,1-7H3. The predicted molar refractivity (Wildman–Crippen MR) is 155 cm³/mol. The molecule has 0 aliphatic carbocycles. The minimum atomic E-state index is -0.430. The highest BCUT2D eigenvalue weighted by Gasteiger charge is 2.26. The minimum Gasteiger partial charge on any atom is -0.491 e. The molecule has 6 heteroatoms. The van der Waals surface area contributed by atoms with Gasteiger partial charge in [0.15, 0.2) is 0 Å². The van der Waals surface area contributed by atoms with Crippen LogP contribution in [0.25, 0.3) is 27.9 Å². The van der Waals surface area contributed by atoms with Gasteiger partial charge in [0.05, 0.1) is 25.4 Å². The molecule has 1 aromatic heterocycles. The Morgan fingerprint density at radius 3 is 1.44 bits per heavy atom. The first kappa shape index (κ1) is 27.8. The maximum absolute atomic E-state index is 13.3. The summed E-state index contributed by atoms with van der Waals surface area (Å²) < 4.78 is 24.7. The Bertz CT molecular complexity index is 1380. The molecule has 39 heavy (non-hydrogen) atoms. The number of carbonyl (C=O) groups is 1. The molecule has 0 spiro atoms. The third kappa shape index (κ3) is 6.63. The summed E-state index contributed by atoms with van der Waals surface area (Å²) in [6.07, 6.45) is 2.19. The van der Waals surface area contributed by atoms with Crippen LogP contribution < -0.4 is 14.2 Å². The summed E-state index contributed by atoms with van der Waals surface area (Å²) in [6, 6.07) is 23.4. The fourth-order valence-corrected chi connectivity index (χ4v) is 4.43. The average molecular weight is 528 g/mol. The first-order valence-corrected chi connectivity index (χ1v) is 13.3. The van der Waals surface area contributed by atoms with Gasteiger partial charge in [0.1, 0.15) is 22.9 Å². The van der Waals surface area contributed by atoms with E-state index in [1.165, 1.54) is 7.11 Å². The smallest absolute Gasteiger partial charge is 0.355 e. The number of hydrogen-bond acceptors (Lipinski definition) is 5. The SMILES string of the molecule is COC(=O)c1c(-c2ccc(OC(C)C)cc2)c(-c2ccc(OC(C)C)cc2)cn1-c1ccc(OC(C)C)cc1. The van der Waals surface area contributed by atoms with Crippen LogP contribution in [-0.2, 0) is 4.74 Å². The van der Waals surface area contributed by atoms with E-state index in [0.29, 0.717) is 5.69 Å². The molecule has 1 heterocycles. The normalized spacial score (nSPS) is 11.2. The number of esters is 1. The topological polar surface area (TPSA) is 58.9 Å². The van der Waals surface area contributed by atoms with Crippen molar-refractivity contribution in [2.75, 3.05) is 7.11 Å². The van der Waals surface area contributed by atoms with Crippen molar-refractivity contribution in [2.45, 2.75) is 59.9 Å². The highest BCUT2D eigenvalue weighted by Crippen LogP contribution is 2.40. The number of nitrogens with zero attached hydrogens (tertiary/aromatic N) is 1. The molecule has 0 aliphatic rings. The molecule has 0 N–H and O–H groups in total. The molecule has 0 radical (unpaired) electrons. The van der Waals surface area contributed by atoms with Crippen molar-refractivity contribution < 1.29 is 23.7 Å². The van der Waals surface area contributed by atoms with E-state index in [0.717, 1.165) is 45.2 Å². The molecule has 3 aromatic carbocycles. The summed E-state index contributed by atoms with van der Waals surface area (Å²) in [6.45, 7) is 12.0. The van der Waals surface area contributed by atoms with Crippen LogP contribution in [0.1, 0.15) is 52.0 Å². The van der Waals surface area contributed by atoms with Crippen LogP contribution in [0.3, 0.4) is 0 Å². The fraction of sp³-hybridized carbons (Fsp3) is 0.303. The predicted octanol–water partition coefficient (Wildman–Crippen LogP) is 7.96. The summed E-state index contributed by atoms with van der Waals surface area (Å²) in [4.78, 5) is 13.3. The summed E-state index contributed by atoms with van der Waals surface area (Å²) in [7, 11) is 1.40. The molecule has 0 unspecified atom stereocenters. The number of ether oxygens (including phenoxy) is 4. The largest absolute Gasteiger partial charge is 0.491 e. The quantitative estimate of drug-likeness (QED) is 0.196. The first-order chi connectivity index (χ1) is 18.7. The average Bonchev–Trinajstić information content (AvgIpc) is 3.29. The van der Waals surface area contributed by atoms with Gasteiger partial charge < -0.3 is 23.5 Å². The van der Waals surface area contributed by atoms with E-state index in [9.17, 15) is 4.79 Å². The zero-order valence-corrected chi connectivity index (χ0v) is 23.7. The molecule has 0 amide bonds. The second-order valence-corrected chi connectivity index (χ2v) is 10.2. The van der Waals surface area contributed by atoms with E-state index in [1.54, 1.807) is 0 Å². The Hall–Kier alpha value is -4.19. The van der Waals surface area contributed by atoms with Crippen LogP contribution in [0, 0.1) is 0 Å². The highest BCUT2D eigenvalue weighted by atomic mass is 16.5. The van der Waals surface area contributed by atoms with Crippen molar-refractivity contribution in [1.29, 1.82) is 0 Å². The number of rotatable bonds is 10. The van der Waals surface area contributed by atoms with Crippen molar-refractivity contribution in [3.63, 3.8) is 0 Å². The lowest BCUT2D eigenvalue weighted by molar-refractivity contribution is 0.0592. The molecule has 0 bridgehead atoms. The van der Waals surface area contributed by atoms with Gasteiger partial charge in [-0.2, -0.15) is 0 Å². The third-order valence-electron chi connectivity index (χ3n) is 5.92. The van der Waals surface area contributed by atoms with Crippen LogP contribution in [0.15, 0.2) is 79.0 Å². The molecule has 0 saturated carbocycles. The summed E-state index contributed by atoms with van der Waals surface area (Å²) in [5, 5.41) is 0. The van der Waals surface area contributed by atoms with Crippen LogP contribution in [-0.4, -0.2) is 36.0 Å². The van der Waals surface area contributed by atoms with Gasteiger partial charge in [-0.05, 0) is 101 Å². The molecule has 204 valence electrons. The van der Waals surface area contributed by atoms with Gasteiger partial charge in [0.2, 0.25) is 0 Å². The van der Waals surface area contributed by atoms with Gasteiger partial charge in [-0.15, -0.1) is 0 Å². The second kappa shape index (κ2) is 12.1. The summed E-state index contributed by atoms with van der Waals surface area (Å²) in [5.41, 5.74) is 4.75. The maximum atomic E-state index is 13.3. The van der Waals surface area contributed by atoms with E-state index in [2.05, 4.69) is 0 Å². The van der Waals surface area contributed by atoms with Gasteiger partial charge in [-0.1, -0.05) is 24.3 Å². The van der Waals surface area contributed by atoms with Crippen LogP contribution in [0.2, 0.25) is 0 Å². The lowest BCUT2D eigenvalue weighted by Gasteiger charge is -2.14. The van der Waals surface area contributed by atoms with E-state index in [4.69, 9.17) is 18.9 Å². The Balaban J connectivity index is 1.90. The fourth-order valence-electron chi connectivity index (χ4n) is 4.43. The van der Waals surface area contributed by atoms with Gasteiger partial charge in [0.25, 0.3) is 0 Å². The van der Waals surface area contributed by atoms with Crippen molar-refractivity contribution in [1.82, 2.24) is 4.57 Å². The Labute approximate surface area is 231 Å². The third-order valence-corrected chi connectivity index (χ3v) is 5.92. The molecule has 0 fully saturated rings. The number of hydrogen-bond donors (Lipinski definition) is 0.